The van der Waals surface area contributed by atoms with Crippen molar-refractivity contribution >= 4 is 46.8 Å². The number of hydrogen-bond donors (Lipinski definition) is 1. The van der Waals surface area contributed by atoms with E-state index in [0.29, 0.717) is 32.1 Å². The van der Waals surface area contributed by atoms with E-state index in [4.69, 9.17) is 44.3 Å². The molecule has 0 aliphatic carbocycles. The Hall–Kier alpha value is -2.66. The molecule has 0 atom stereocenters. The smallest absolute Gasteiger partial charge is 0.331 e. The van der Waals surface area contributed by atoms with Crippen LogP contribution in [0.4, 0.5) is 0 Å². The van der Waals surface area contributed by atoms with Gasteiger partial charge < -0.3 is 14.6 Å². The van der Waals surface area contributed by atoms with Gasteiger partial charge in [-0.15, -0.1) is 0 Å². The van der Waals surface area contributed by atoms with Crippen molar-refractivity contribution in [3.63, 3.8) is 0 Å². The number of carboxylic acids is 1. The molecule has 3 aromatic rings. The van der Waals surface area contributed by atoms with Gasteiger partial charge in [0.15, 0.2) is 11.5 Å². The number of hydrogen-bond acceptors (Lipinski definition) is 3. The van der Waals surface area contributed by atoms with E-state index >= 15 is 0 Å². The van der Waals surface area contributed by atoms with Crippen LogP contribution in [0.1, 0.15) is 11.1 Å². The second kappa shape index (κ2) is 8.60. The van der Waals surface area contributed by atoms with Crippen LogP contribution in [0.3, 0.4) is 0 Å². The van der Waals surface area contributed by atoms with Crippen LogP contribution in [-0.4, -0.2) is 17.9 Å². The van der Waals surface area contributed by atoms with Crippen LogP contribution in [0.15, 0.2) is 60.2 Å². The molecule has 1 aliphatic heterocycles. The van der Waals surface area contributed by atoms with Crippen LogP contribution in [0.2, 0.25) is 15.1 Å². The van der Waals surface area contributed by atoms with Crippen molar-refractivity contribution in [2.45, 2.75) is 6.42 Å². The van der Waals surface area contributed by atoms with Gasteiger partial charge in [-0.1, -0.05) is 59.1 Å². The van der Waals surface area contributed by atoms with E-state index in [1.54, 1.807) is 24.3 Å². The third kappa shape index (κ3) is 4.57. The van der Waals surface area contributed by atoms with Crippen LogP contribution in [0.25, 0.3) is 17.2 Å². The molecule has 1 N–H and O–H groups in total. The van der Waals surface area contributed by atoms with Gasteiger partial charge in [0, 0.05) is 33.1 Å². The number of aliphatic carboxylic acids is 1. The molecule has 1 heterocycles. The molecular weight excluding hydrogens is 447 g/mol. The minimum atomic E-state index is -1.02. The van der Waals surface area contributed by atoms with E-state index in [-0.39, 0.29) is 18.8 Å². The van der Waals surface area contributed by atoms with Crippen molar-refractivity contribution in [2.75, 3.05) is 6.79 Å². The van der Waals surface area contributed by atoms with Crippen molar-refractivity contribution < 1.29 is 19.4 Å². The fourth-order valence-corrected chi connectivity index (χ4v) is 3.93. The van der Waals surface area contributed by atoms with Crippen molar-refractivity contribution in [1.82, 2.24) is 0 Å². The fraction of sp³-hybridized carbons (Fsp3) is 0.0870. The van der Waals surface area contributed by atoms with E-state index in [1.165, 1.54) is 0 Å². The standard InChI is InChI=1S/C23H15Cl3O4/c24-18-7-15(8-19(25)10-18)14-3-1-13(2-4-14)5-17(23(27)28)6-16-9-21-22(11-20(16)26)30-12-29-21/h1-5,7-11H,6,12H2,(H,27,28)/b17-5+. The van der Waals surface area contributed by atoms with Crippen LogP contribution in [0, 0.1) is 0 Å². The Kier molecular flexibility index (Phi) is 5.91. The summed E-state index contributed by atoms with van der Waals surface area (Å²) in [5, 5.41) is 11.2. The SMILES string of the molecule is O=C(O)/C(=C/c1ccc(-c2cc(Cl)cc(Cl)c2)cc1)Cc1cc2c(cc1Cl)OCO2. The molecular formula is C23H15Cl3O4. The molecule has 7 heteroatoms. The largest absolute Gasteiger partial charge is 0.478 e. The Bertz CT molecular complexity index is 1130. The van der Waals surface area contributed by atoms with Gasteiger partial charge in [-0.2, -0.15) is 0 Å². The zero-order valence-corrected chi connectivity index (χ0v) is 17.8. The summed E-state index contributed by atoms with van der Waals surface area (Å²) in [7, 11) is 0. The maximum Gasteiger partial charge on any atom is 0.331 e. The molecule has 152 valence electrons. The Balaban J connectivity index is 1.60. The van der Waals surface area contributed by atoms with Crippen LogP contribution >= 0.6 is 34.8 Å². The van der Waals surface area contributed by atoms with Crippen molar-refractivity contribution in [1.29, 1.82) is 0 Å². The molecule has 0 saturated heterocycles. The molecule has 3 aromatic carbocycles. The van der Waals surface area contributed by atoms with E-state index in [1.807, 2.05) is 36.4 Å². The summed E-state index contributed by atoms with van der Waals surface area (Å²) in [4.78, 5) is 11.8. The monoisotopic (exact) mass is 460 g/mol. The highest BCUT2D eigenvalue weighted by atomic mass is 35.5. The summed E-state index contributed by atoms with van der Waals surface area (Å²) in [6.07, 6.45) is 1.77. The molecule has 0 fully saturated rings. The molecule has 4 rings (SSSR count). The molecule has 0 amide bonds. The normalized spacial score (nSPS) is 12.8. The number of carboxylic acid groups (broad SMARTS) is 1. The second-order valence-electron chi connectivity index (χ2n) is 6.73. The maximum absolute atomic E-state index is 11.8. The van der Waals surface area contributed by atoms with Gasteiger partial charge in [0.1, 0.15) is 0 Å². The first-order valence-corrected chi connectivity index (χ1v) is 10.1. The average Bonchev–Trinajstić information content (AvgIpc) is 3.14. The molecule has 1 aliphatic rings. The Labute approximate surface area is 188 Å². The van der Waals surface area contributed by atoms with E-state index in [0.717, 1.165) is 16.7 Å². The van der Waals surface area contributed by atoms with Crippen LogP contribution in [-0.2, 0) is 11.2 Å². The first-order valence-electron chi connectivity index (χ1n) is 8.97. The molecule has 0 aromatic heterocycles. The van der Waals surface area contributed by atoms with E-state index in [9.17, 15) is 9.90 Å². The van der Waals surface area contributed by atoms with Gasteiger partial charge in [0.2, 0.25) is 6.79 Å². The number of carbonyl (C=O) groups is 1. The number of fused-ring (bicyclic) bond motifs is 1. The molecule has 0 radical (unpaired) electrons. The number of ether oxygens (including phenoxy) is 2. The predicted molar refractivity (Wildman–Crippen MR) is 119 cm³/mol. The van der Waals surface area contributed by atoms with Gasteiger partial charge in [0.05, 0.1) is 0 Å². The van der Waals surface area contributed by atoms with Crippen molar-refractivity contribution in [3.05, 3.63) is 86.4 Å². The zero-order chi connectivity index (χ0) is 21.3. The molecule has 0 saturated carbocycles. The highest BCUT2D eigenvalue weighted by Crippen LogP contribution is 2.37. The second-order valence-corrected chi connectivity index (χ2v) is 8.01. The molecule has 0 bridgehead atoms. The van der Waals surface area contributed by atoms with Gasteiger partial charge in [-0.3, -0.25) is 0 Å². The number of rotatable bonds is 5. The lowest BCUT2D eigenvalue weighted by molar-refractivity contribution is -0.132. The van der Waals surface area contributed by atoms with Crippen LogP contribution in [0.5, 0.6) is 11.5 Å². The highest BCUT2D eigenvalue weighted by molar-refractivity contribution is 6.35. The van der Waals surface area contributed by atoms with Gasteiger partial charge in [-0.05, 0) is 52.6 Å². The van der Waals surface area contributed by atoms with E-state index in [2.05, 4.69) is 0 Å². The minimum Gasteiger partial charge on any atom is -0.478 e. The van der Waals surface area contributed by atoms with Crippen LogP contribution < -0.4 is 9.47 Å². The highest BCUT2D eigenvalue weighted by Gasteiger charge is 2.19. The zero-order valence-electron chi connectivity index (χ0n) is 15.5. The fourth-order valence-electron chi connectivity index (χ4n) is 3.18. The lowest BCUT2D eigenvalue weighted by Crippen LogP contribution is -2.04. The summed E-state index contributed by atoms with van der Waals surface area (Å²) >= 11 is 18.4. The molecule has 4 nitrogen and oxygen atoms in total. The Morgan fingerprint density at radius 3 is 2.17 bits per heavy atom. The molecule has 0 spiro atoms. The summed E-state index contributed by atoms with van der Waals surface area (Å²) in [6, 6.07) is 16.1. The number of benzene rings is 3. The summed E-state index contributed by atoms with van der Waals surface area (Å²) < 4.78 is 10.7. The number of halogens is 3. The first kappa shape index (κ1) is 20.6. The Morgan fingerprint density at radius 2 is 1.53 bits per heavy atom. The van der Waals surface area contributed by atoms with Gasteiger partial charge >= 0.3 is 5.97 Å². The average molecular weight is 462 g/mol. The quantitative estimate of drug-likeness (QED) is 0.427. The maximum atomic E-state index is 11.8. The molecule has 0 unspecified atom stereocenters. The van der Waals surface area contributed by atoms with Gasteiger partial charge in [0.25, 0.3) is 0 Å². The van der Waals surface area contributed by atoms with Crippen molar-refractivity contribution in [3.8, 4) is 22.6 Å². The van der Waals surface area contributed by atoms with Crippen molar-refractivity contribution in [2.24, 2.45) is 0 Å². The predicted octanol–water partition coefficient (Wildman–Crippen LogP) is 6.75. The summed E-state index contributed by atoms with van der Waals surface area (Å²) in [6.45, 7) is 0.126. The molecule has 30 heavy (non-hydrogen) atoms. The first-order chi connectivity index (χ1) is 14.4. The third-order valence-corrected chi connectivity index (χ3v) is 5.43. The topological polar surface area (TPSA) is 55.8 Å². The Morgan fingerprint density at radius 1 is 0.900 bits per heavy atom. The third-order valence-electron chi connectivity index (χ3n) is 4.64. The minimum absolute atomic E-state index is 0.126. The summed E-state index contributed by atoms with van der Waals surface area (Å²) in [5.74, 6) is 0.0967. The lowest BCUT2D eigenvalue weighted by atomic mass is 10.00. The lowest BCUT2D eigenvalue weighted by Gasteiger charge is -2.08. The van der Waals surface area contributed by atoms with E-state index < -0.39 is 5.97 Å². The van der Waals surface area contributed by atoms with Gasteiger partial charge in [-0.25, -0.2) is 4.79 Å². The summed E-state index contributed by atoms with van der Waals surface area (Å²) in [5.41, 5.74) is 3.41.